The topological polar surface area (TPSA) is 82.0 Å². The Morgan fingerprint density at radius 3 is 2.70 bits per heavy atom. The van der Waals surface area contributed by atoms with Crippen LogP contribution in [0.1, 0.15) is 36.9 Å². The van der Waals surface area contributed by atoms with Crippen molar-refractivity contribution < 1.29 is 4.74 Å². The van der Waals surface area contributed by atoms with Crippen LogP contribution in [0.3, 0.4) is 0 Å². The summed E-state index contributed by atoms with van der Waals surface area (Å²) < 4.78 is 6.18. The van der Waals surface area contributed by atoms with Gasteiger partial charge in [0.15, 0.2) is 0 Å². The minimum absolute atomic E-state index is 0.639. The highest BCUT2D eigenvalue weighted by Gasteiger charge is 2.22. The second kappa shape index (κ2) is 9.92. The van der Waals surface area contributed by atoms with Gasteiger partial charge in [0.05, 0.1) is 29.6 Å². The number of nitrogens with zero attached hydrogens (tertiary/aromatic N) is 2. The lowest BCUT2D eigenvalue weighted by molar-refractivity contribution is 0.292. The van der Waals surface area contributed by atoms with E-state index in [4.69, 9.17) is 15.0 Å². The largest absolute Gasteiger partial charge is 0.477 e. The molecule has 158 valence electrons. The van der Waals surface area contributed by atoms with Crippen molar-refractivity contribution >= 4 is 5.69 Å². The van der Waals surface area contributed by atoms with Crippen molar-refractivity contribution in [2.45, 2.75) is 32.2 Å². The van der Waals surface area contributed by atoms with E-state index in [0.717, 1.165) is 54.5 Å². The molecule has 1 unspecified atom stereocenters. The maximum absolute atomic E-state index is 9.13. The van der Waals surface area contributed by atoms with E-state index in [1.54, 1.807) is 0 Å². The van der Waals surface area contributed by atoms with Gasteiger partial charge in [0.25, 0.3) is 0 Å². The lowest BCUT2D eigenvalue weighted by Gasteiger charge is -2.19. The first-order valence-electron chi connectivity index (χ1n) is 11.0. The minimum atomic E-state index is 0.639. The molecule has 0 spiro atoms. The van der Waals surface area contributed by atoms with E-state index in [2.05, 4.69) is 28.1 Å². The Morgan fingerprint density at radius 2 is 2.03 bits per heavy atom. The fraction of sp³-hybridized carbons (Fsp3) is 0.500. The van der Waals surface area contributed by atoms with Crippen molar-refractivity contribution in [3.05, 3.63) is 41.6 Å². The zero-order chi connectivity index (χ0) is 20.8. The standard InChI is InChI=1S/C24H31N5O/c1-26-16-23-22(28-15-19-8-10-27-14-19)12-21(20-6-4-18(13-25)5-7-20)24(29-23)30-11-9-17-2-3-17/h4-7,12,17,19,26-28H,2-3,8-11,14-16H2,1H3. The lowest BCUT2D eigenvalue weighted by atomic mass is 10.0. The second-order valence-electron chi connectivity index (χ2n) is 8.38. The summed E-state index contributed by atoms with van der Waals surface area (Å²) in [6.45, 7) is 4.46. The van der Waals surface area contributed by atoms with E-state index in [1.807, 2.05) is 31.3 Å². The number of rotatable bonds is 10. The molecule has 6 nitrogen and oxygen atoms in total. The summed E-state index contributed by atoms with van der Waals surface area (Å²) in [6, 6.07) is 12.0. The summed E-state index contributed by atoms with van der Waals surface area (Å²) >= 11 is 0. The van der Waals surface area contributed by atoms with Crippen LogP contribution < -0.4 is 20.7 Å². The molecule has 1 saturated carbocycles. The number of nitrogens with one attached hydrogen (secondary N) is 3. The normalized spacial score (nSPS) is 18.2. The Bertz CT molecular complexity index is 880. The summed E-state index contributed by atoms with van der Waals surface area (Å²) in [7, 11) is 1.94. The van der Waals surface area contributed by atoms with Gasteiger partial charge in [0.1, 0.15) is 0 Å². The van der Waals surface area contributed by atoms with Gasteiger partial charge in [-0.05, 0) is 68.6 Å². The minimum Gasteiger partial charge on any atom is -0.477 e. The number of anilines is 1. The van der Waals surface area contributed by atoms with Gasteiger partial charge in [0, 0.05) is 18.7 Å². The number of aromatic nitrogens is 1. The Kier molecular flexibility index (Phi) is 6.83. The molecule has 1 aliphatic heterocycles. The molecule has 0 amide bonds. The smallest absolute Gasteiger partial charge is 0.221 e. The fourth-order valence-corrected chi connectivity index (χ4v) is 3.90. The summed E-state index contributed by atoms with van der Waals surface area (Å²) in [5.74, 6) is 2.14. The predicted molar refractivity (Wildman–Crippen MR) is 119 cm³/mol. The van der Waals surface area contributed by atoms with Gasteiger partial charge in [0.2, 0.25) is 5.88 Å². The third-order valence-electron chi connectivity index (χ3n) is 5.94. The van der Waals surface area contributed by atoms with Crippen molar-refractivity contribution in [3.63, 3.8) is 0 Å². The Morgan fingerprint density at radius 1 is 1.20 bits per heavy atom. The molecule has 1 saturated heterocycles. The third kappa shape index (κ3) is 5.29. The summed E-state index contributed by atoms with van der Waals surface area (Å²) in [6.07, 6.45) is 4.93. The molecule has 0 radical (unpaired) electrons. The summed E-state index contributed by atoms with van der Waals surface area (Å²) in [5.41, 5.74) is 4.67. The number of hydrogen-bond acceptors (Lipinski definition) is 6. The number of ether oxygens (including phenoxy) is 1. The molecule has 2 fully saturated rings. The zero-order valence-electron chi connectivity index (χ0n) is 17.7. The highest BCUT2D eigenvalue weighted by molar-refractivity contribution is 5.74. The fourth-order valence-electron chi connectivity index (χ4n) is 3.90. The van der Waals surface area contributed by atoms with E-state index >= 15 is 0 Å². The van der Waals surface area contributed by atoms with Crippen LogP contribution in [0, 0.1) is 23.2 Å². The third-order valence-corrected chi connectivity index (χ3v) is 5.94. The van der Waals surface area contributed by atoms with Crippen LogP contribution in [-0.4, -0.2) is 38.3 Å². The molecule has 2 heterocycles. The van der Waals surface area contributed by atoms with E-state index < -0.39 is 0 Å². The molecule has 6 heteroatoms. The van der Waals surface area contributed by atoms with E-state index in [1.165, 1.54) is 19.3 Å². The molecule has 3 N–H and O–H groups in total. The van der Waals surface area contributed by atoms with Gasteiger partial charge in [-0.3, -0.25) is 0 Å². The summed E-state index contributed by atoms with van der Waals surface area (Å²) in [5, 5.41) is 19.4. The Labute approximate surface area is 179 Å². The van der Waals surface area contributed by atoms with Gasteiger partial charge in [-0.2, -0.15) is 5.26 Å². The first-order valence-corrected chi connectivity index (χ1v) is 11.0. The van der Waals surface area contributed by atoms with Crippen molar-refractivity contribution in [3.8, 4) is 23.1 Å². The quantitative estimate of drug-likeness (QED) is 0.561. The molecule has 30 heavy (non-hydrogen) atoms. The van der Waals surface area contributed by atoms with Crippen molar-refractivity contribution in [1.29, 1.82) is 5.26 Å². The molecule has 0 bridgehead atoms. The SMILES string of the molecule is CNCc1nc(OCCC2CC2)c(-c2ccc(C#N)cc2)cc1NCC1CCNC1. The molecule has 1 aromatic carbocycles. The van der Waals surface area contributed by atoms with Crippen LogP contribution in [0.2, 0.25) is 0 Å². The van der Waals surface area contributed by atoms with Gasteiger partial charge >= 0.3 is 0 Å². The average molecular weight is 406 g/mol. The maximum Gasteiger partial charge on any atom is 0.221 e. The number of benzene rings is 1. The highest BCUT2D eigenvalue weighted by Crippen LogP contribution is 2.35. The van der Waals surface area contributed by atoms with Crippen LogP contribution in [0.4, 0.5) is 5.69 Å². The van der Waals surface area contributed by atoms with Crippen LogP contribution in [0.15, 0.2) is 30.3 Å². The molecule has 2 aliphatic rings. The van der Waals surface area contributed by atoms with Crippen LogP contribution in [0.5, 0.6) is 5.88 Å². The summed E-state index contributed by atoms with van der Waals surface area (Å²) in [4.78, 5) is 4.92. The molecular weight excluding hydrogens is 374 g/mol. The lowest BCUT2D eigenvalue weighted by Crippen LogP contribution is -2.19. The zero-order valence-corrected chi connectivity index (χ0v) is 17.7. The van der Waals surface area contributed by atoms with E-state index in [9.17, 15) is 0 Å². The van der Waals surface area contributed by atoms with Gasteiger partial charge in [-0.1, -0.05) is 25.0 Å². The maximum atomic E-state index is 9.13. The molecule has 1 aromatic heterocycles. The predicted octanol–water partition coefficient (Wildman–Crippen LogP) is 3.54. The first kappa shape index (κ1) is 20.6. The first-order chi connectivity index (χ1) is 14.8. The van der Waals surface area contributed by atoms with Gasteiger partial charge in [-0.15, -0.1) is 0 Å². The second-order valence-corrected chi connectivity index (χ2v) is 8.38. The Hall–Kier alpha value is -2.62. The van der Waals surface area contributed by atoms with E-state index in [-0.39, 0.29) is 0 Å². The molecule has 2 aromatic rings. The van der Waals surface area contributed by atoms with E-state index in [0.29, 0.717) is 30.5 Å². The van der Waals surface area contributed by atoms with Crippen LogP contribution in [-0.2, 0) is 6.54 Å². The van der Waals surface area contributed by atoms with Gasteiger partial charge in [-0.25, -0.2) is 4.98 Å². The van der Waals surface area contributed by atoms with Gasteiger partial charge < -0.3 is 20.7 Å². The molecule has 1 aliphatic carbocycles. The molecule has 1 atom stereocenters. The molecular formula is C24H31N5O. The highest BCUT2D eigenvalue weighted by atomic mass is 16.5. The number of hydrogen-bond donors (Lipinski definition) is 3. The van der Waals surface area contributed by atoms with Crippen molar-refractivity contribution in [2.24, 2.45) is 11.8 Å². The van der Waals surface area contributed by atoms with Crippen molar-refractivity contribution in [2.75, 3.05) is 38.6 Å². The molecule has 4 rings (SSSR count). The monoisotopic (exact) mass is 405 g/mol. The number of nitriles is 1. The Balaban J connectivity index is 1.62. The van der Waals surface area contributed by atoms with Crippen molar-refractivity contribution in [1.82, 2.24) is 15.6 Å². The average Bonchev–Trinajstić information content (AvgIpc) is 3.45. The van der Waals surface area contributed by atoms with Crippen LogP contribution in [0.25, 0.3) is 11.1 Å². The number of pyridine rings is 1. The van der Waals surface area contributed by atoms with Crippen LogP contribution >= 0.6 is 0 Å².